The second kappa shape index (κ2) is 9.99. The Bertz CT molecular complexity index is 903. The van der Waals surface area contributed by atoms with Crippen molar-refractivity contribution in [2.45, 2.75) is 52.1 Å². The molecule has 166 valence electrons. The van der Waals surface area contributed by atoms with Crippen molar-refractivity contribution in [3.05, 3.63) is 34.5 Å². The van der Waals surface area contributed by atoms with Crippen LogP contribution in [-0.2, 0) is 28.7 Å². The molecule has 0 spiro atoms. The number of aromatic nitrogens is 2. The highest BCUT2D eigenvalue weighted by Gasteiger charge is 2.38. The summed E-state index contributed by atoms with van der Waals surface area (Å²) in [5.74, 6) is 0. The predicted octanol–water partition coefficient (Wildman–Crippen LogP) is 5.58. The van der Waals surface area contributed by atoms with E-state index in [-0.39, 0.29) is 34.7 Å². The van der Waals surface area contributed by atoms with E-state index in [1.54, 1.807) is 13.8 Å². The second-order valence-electron chi connectivity index (χ2n) is 6.03. The van der Waals surface area contributed by atoms with Gasteiger partial charge in [0, 0.05) is 17.8 Å². The van der Waals surface area contributed by atoms with Gasteiger partial charge in [-0.15, -0.1) is 0 Å². The number of anilines is 1. The minimum atomic E-state index is -4.78. The molecule has 0 fully saturated rings. The second-order valence-corrected chi connectivity index (χ2v) is 6.41. The highest BCUT2D eigenvalue weighted by molar-refractivity contribution is 6.33. The lowest BCUT2D eigenvalue weighted by Gasteiger charge is -2.21. The third-order valence-corrected chi connectivity index (χ3v) is 4.45. The first-order chi connectivity index (χ1) is 13.8. The summed E-state index contributed by atoms with van der Waals surface area (Å²) in [5, 5.41) is 6.36. The number of carbonyl (C=O) groups excluding carboxylic acids is 2. The van der Waals surface area contributed by atoms with Gasteiger partial charge >= 0.3 is 18.5 Å². The molecule has 0 unspecified atom stereocenters. The Morgan fingerprint density at radius 3 is 2.17 bits per heavy atom. The van der Waals surface area contributed by atoms with Crippen LogP contribution >= 0.6 is 11.6 Å². The Morgan fingerprint density at radius 1 is 1.17 bits per heavy atom. The largest absolute Gasteiger partial charge is 0.417 e. The van der Waals surface area contributed by atoms with Crippen molar-refractivity contribution in [2.75, 3.05) is 5.32 Å². The molecule has 1 atom stereocenters. The third kappa shape index (κ3) is 5.99. The van der Waals surface area contributed by atoms with Crippen LogP contribution in [0.25, 0.3) is 11.3 Å². The predicted molar refractivity (Wildman–Crippen MR) is 96.9 cm³/mol. The topological polar surface area (TPSA) is 64.0 Å². The number of hydrogen-bond donors (Lipinski definition) is 1. The number of benzene rings is 1. The molecule has 0 saturated heterocycles. The average molecular weight is 458 g/mol. The van der Waals surface area contributed by atoms with Crippen molar-refractivity contribution in [3.63, 3.8) is 0 Å². The van der Waals surface area contributed by atoms with Crippen LogP contribution < -0.4 is 5.32 Å². The Kier molecular flexibility index (Phi) is 8.50. The number of nitrogens with zero attached hydrogens (tertiary/aromatic N) is 2. The first-order valence-electron chi connectivity index (χ1n) is 8.61. The van der Waals surface area contributed by atoms with Gasteiger partial charge in [-0.25, -0.2) is 0 Å². The van der Waals surface area contributed by atoms with Crippen molar-refractivity contribution >= 4 is 23.4 Å². The van der Waals surface area contributed by atoms with E-state index in [0.717, 1.165) is 13.0 Å². The van der Waals surface area contributed by atoms with Crippen LogP contribution in [0.3, 0.4) is 0 Å². The van der Waals surface area contributed by atoms with Crippen LogP contribution in [0.15, 0.2) is 18.2 Å². The number of hydrogen-bond acceptors (Lipinski definition) is 4. The smallest absolute Gasteiger partial charge is 0.374 e. The van der Waals surface area contributed by atoms with Gasteiger partial charge in [-0.1, -0.05) is 24.6 Å². The quantitative estimate of drug-likeness (QED) is 0.595. The number of halogens is 7. The zero-order chi connectivity index (χ0) is 23.3. The average Bonchev–Trinajstić information content (AvgIpc) is 2.96. The summed E-state index contributed by atoms with van der Waals surface area (Å²) in [7, 11) is 0. The monoisotopic (exact) mass is 457 g/mol. The summed E-state index contributed by atoms with van der Waals surface area (Å²) in [4.78, 5) is 16.2. The Morgan fingerprint density at radius 2 is 1.73 bits per heavy atom. The Balaban J connectivity index is 0.00000141. The summed E-state index contributed by atoms with van der Waals surface area (Å²) in [6.07, 6.45) is -8.69. The van der Waals surface area contributed by atoms with Crippen LogP contribution in [0.2, 0.25) is 5.02 Å². The molecular weight excluding hydrogens is 440 g/mol. The molecule has 2 rings (SSSR count). The maximum Gasteiger partial charge on any atom is 0.417 e. The van der Waals surface area contributed by atoms with Gasteiger partial charge in [-0.3, -0.25) is 4.68 Å². The molecule has 5 nitrogen and oxygen atoms in total. The SMILES string of the molecule is CCc1nn(CC)c(-c2ccc(N[C@H](C)C(F)(F)F)cc2C(F)(F)F)c1Cl.O=C=O. The number of alkyl halides is 6. The zero-order valence-corrected chi connectivity index (χ0v) is 16.8. The van der Waals surface area contributed by atoms with Gasteiger partial charge in [0.1, 0.15) is 6.04 Å². The van der Waals surface area contributed by atoms with Crippen LogP contribution in [-0.4, -0.2) is 28.2 Å². The van der Waals surface area contributed by atoms with Gasteiger partial charge in [0.15, 0.2) is 0 Å². The van der Waals surface area contributed by atoms with Gasteiger partial charge in [0.05, 0.1) is 22.0 Å². The van der Waals surface area contributed by atoms with Gasteiger partial charge < -0.3 is 5.32 Å². The van der Waals surface area contributed by atoms with E-state index >= 15 is 0 Å². The molecule has 0 aliphatic rings. The molecule has 0 aliphatic carbocycles. The molecule has 12 heteroatoms. The molecule has 1 N–H and O–H groups in total. The lowest BCUT2D eigenvalue weighted by Crippen LogP contribution is -2.33. The van der Waals surface area contributed by atoms with Gasteiger partial charge in [0.2, 0.25) is 0 Å². The number of nitrogens with one attached hydrogen (secondary N) is 1. The van der Waals surface area contributed by atoms with Crippen molar-refractivity contribution in [1.82, 2.24) is 9.78 Å². The van der Waals surface area contributed by atoms with Crippen LogP contribution in [0, 0.1) is 0 Å². The fourth-order valence-electron chi connectivity index (χ4n) is 2.61. The molecule has 0 radical (unpaired) electrons. The van der Waals surface area contributed by atoms with E-state index < -0.39 is 24.0 Å². The van der Waals surface area contributed by atoms with Gasteiger partial charge in [-0.05, 0) is 32.4 Å². The van der Waals surface area contributed by atoms with Crippen molar-refractivity contribution in [1.29, 1.82) is 0 Å². The van der Waals surface area contributed by atoms with E-state index in [1.807, 2.05) is 0 Å². The van der Waals surface area contributed by atoms with Crippen LogP contribution in [0.5, 0.6) is 0 Å². The van der Waals surface area contributed by atoms with Crippen molar-refractivity contribution in [3.8, 4) is 11.3 Å². The van der Waals surface area contributed by atoms with Gasteiger partial charge in [-0.2, -0.15) is 41.0 Å². The minimum absolute atomic E-state index is 0.0961. The van der Waals surface area contributed by atoms with Crippen molar-refractivity contribution < 1.29 is 35.9 Å². The Labute approximate surface area is 173 Å². The van der Waals surface area contributed by atoms with Gasteiger partial charge in [0.25, 0.3) is 0 Å². The Hall–Kier alpha value is -2.52. The number of aryl methyl sites for hydroxylation is 2. The maximum absolute atomic E-state index is 13.6. The molecule has 0 saturated carbocycles. The number of rotatable bonds is 5. The molecule has 0 bridgehead atoms. The molecule has 1 heterocycles. The van der Waals surface area contributed by atoms with E-state index in [4.69, 9.17) is 21.2 Å². The molecule has 2 aromatic rings. The van der Waals surface area contributed by atoms with E-state index in [9.17, 15) is 26.3 Å². The molecule has 1 aromatic heterocycles. The summed E-state index contributed by atoms with van der Waals surface area (Å²) in [6, 6.07) is 0.942. The first-order valence-corrected chi connectivity index (χ1v) is 8.98. The van der Waals surface area contributed by atoms with E-state index in [0.29, 0.717) is 18.2 Å². The highest BCUT2D eigenvalue weighted by atomic mass is 35.5. The lowest BCUT2D eigenvalue weighted by atomic mass is 10.0. The van der Waals surface area contributed by atoms with E-state index in [2.05, 4.69) is 10.4 Å². The van der Waals surface area contributed by atoms with Crippen LogP contribution in [0.4, 0.5) is 32.0 Å². The fraction of sp³-hybridized carbons (Fsp3) is 0.444. The third-order valence-electron chi connectivity index (χ3n) is 4.05. The van der Waals surface area contributed by atoms with E-state index in [1.165, 1.54) is 10.7 Å². The molecule has 1 aromatic carbocycles. The van der Waals surface area contributed by atoms with Crippen LogP contribution in [0.1, 0.15) is 32.0 Å². The highest BCUT2D eigenvalue weighted by Crippen LogP contribution is 2.42. The summed E-state index contributed by atoms with van der Waals surface area (Å²) in [6.45, 7) is 4.60. The molecular formula is C18H18ClF6N3O2. The first kappa shape index (κ1) is 25.5. The molecule has 0 amide bonds. The minimum Gasteiger partial charge on any atom is -0.374 e. The molecule has 0 aliphatic heterocycles. The summed E-state index contributed by atoms with van der Waals surface area (Å²) < 4.78 is 80.3. The zero-order valence-electron chi connectivity index (χ0n) is 16.1. The fourth-order valence-corrected chi connectivity index (χ4v) is 2.98. The van der Waals surface area contributed by atoms with Crippen molar-refractivity contribution in [2.24, 2.45) is 0 Å². The summed E-state index contributed by atoms with van der Waals surface area (Å²) in [5.41, 5.74) is -1.05. The molecule has 30 heavy (non-hydrogen) atoms. The normalized spacial score (nSPS) is 12.6. The summed E-state index contributed by atoms with van der Waals surface area (Å²) >= 11 is 6.23. The standard InChI is InChI=1S/C17H18ClF6N3.CO2/c1-4-13-14(18)15(27(5-2)26-13)11-7-6-10(8-12(11)17(22,23)24)25-9(3)16(19,20)21;2-1-3/h6-9,25H,4-5H2,1-3H3;/t9-;/m1./s1. The lowest BCUT2D eigenvalue weighted by molar-refractivity contribution is -0.191. The maximum atomic E-state index is 13.6.